The van der Waals surface area contributed by atoms with Crippen LogP contribution >= 0.6 is 0 Å². The van der Waals surface area contributed by atoms with Crippen LogP contribution in [0, 0.1) is 11.8 Å². The smallest absolute Gasteiger partial charge is 0.257 e. The lowest BCUT2D eigenvalue weighted by Gasteiger charge is -2.28. The summed E-state index contributed by atoms with van der Waals surface area (Å²) in [6.45, 7) is 4.51. The van der Waals surface area contributed by atoms with Crippen molar-refractivity contribution in [2.45, 2.75) is 51.5 Å². The number of sulfone groups is 1. The lowest BCUT2D eigenvalue weighted by molar-refractivity contribution is 0.0767. The Balaban J connectivity index is 1.51. The average molecular weight is 393 g/mol. The predicted octanol–water partition coefficient (Wildman–Crippen LogP) is 2.07. The van der Waals surface area contributed by atoms with E-state index in [-0.39, 0.29) is 36.4 Å². The van der Waals surface area contributed by atoms with E-state index >= 15 is 0 Å². The van der Waals surface area contributed by atoms with Crippen molar-refractivity contribution in [2.24, 2.45) is 11.8 Å². The summed E-state index contributed by atoms with van der Waals surface area (Å²) in [7, 11) is -3.02. The average Bonchev–Trinajstić information content (AvgIpc) is 3.24. The summed E-state index contributed by atoms with van der Waals surface area (Å²) in [5.74, 6) is 2.14. The minimum absolute atomic E-state index is 0.0283. The maximum absolute atomic E-state index is 12.9. The van der Waals surface area contributed by atoms with Gasteiger partial charge >= 0.3 is 0 Å². The summed E-state index contributed by atoms with van der Waals surface area (Å²) in [5, 5.41) is 3.50. The Kier molecular flexibility index (Phi) is 4.86. The summed E-state index contributed by atoms with van der Waals surface area (Å²) < 4.78 is 23.2. The minimum atomic E-state index is -3.02. The van der Waals surface area contributed by atoms with Crippen LogP contribution in [0.1, 0.15) is 61.5 Å². The van der Waals surface area contributed by atoms with E-state index < -0.39 is 9.84 Å². The van der Waals surface area contributed by atoms with E-state index in [9.17, 15) is 13.2 Å². The number of amides is 1. The van der Waals surface area contributed by atoms with E-state index in [1.54, 1.807) is 11.1 Å². The monoisotopic (exact) mass is 392 g/mol. The van der Waals surface area contributed by atoms with Gasteiger partial charge in [-0.1, -0.05) is 20.3 Å². The molecular weight excluding hydrogens is 364 g/mol. The molecule has 3 aliphatic rings. The van der Waals surface area contributed by atoms with Crippen molar-refractivity contribution in [3.8, 4) is 0 Å². The van der Waals surface area contributed by atoms with E-state index in [4.69, 9.17) is 0 Å². The van der Waals surface area contributed by atoms with E-state index in [0.29, 0.717) is 17.6 Å². The summed E-state index contributed by atoms with van der Waals surface area (Å²) in [5.41, 5.74) is 1.22. The van der Waals surface area contributed by atoms with Crippen molar-refractivity contribution in [1.82, 2.24) is 14.9 Å². The quantitative estimate of drug-likeness (QED) is 0.843. The first-order valence-electron chi connectivity index (χ1n) is 9.95. The second-order valence-electron chi connectivity index (χ2n) is 8.52. The third kappa shape index (κ3) is 3.81. The van der Waals surface area contributed by atoms with Gasteiger partial charge in [0.1, 0.15) is 0 Å². The molecule has 1 amide bonds. The molecule has 2 aliphatic carbocycles. The van der Waals surface area contributed by atoms with E-state index in [0.717, 1.165) is 17.5 Å². The Morgan fingerprint density at radius 2 is 1.96 bits per heavy atom. The Hall–Kier alpha value is -1.70. The van der Waals surface area contributed by atoms with Crippen LogP contribution in [0.4, 0.5) is 5.95 Å². The molecule has 148 valence electrons. The number of hydrogen-bond acceptors (Lipinski definition) is 6. The summed E-state index contributed by atoms with van der Waals surface area (Å²) in [6, 6.07) is 0.442. The lowest BCUT2D eigenvalue weighted by atomic mass is 9.95. The van der Waals surface area contributed by atoms with Crippen molar-refractivity contribution in [1.29, 1.82) is 0 Å². The molecule has 2 saturated carbocycles. The molecule has 2 bridgehead atoms. The van der Waals surface area contributed by atoms with Gasteiger partial charge in [0.2, 0.25) is 5.95 Å². The van der Waals surface area contributed by atoms with Gasteiger partial charge in [0.05, 0.1) is 22.8 Å². The third-order valence-electron chi connectivity index (χ3n) is 6.28. The second kappa shape index (κ2) is 7.04. The number of aromatic nitrogens is 2. The Bertz CT molecular complexity index is 825. The van der Waals surface area contributed by atoms with Gasteiger partial charge in [-0.2, -0.15) is 0 Å². The zero-order valence-corrected chi connectivity index (χ0v) is 16.8. The molecular formula is C19H28N4O3S. The Labute approximate surface area is 160 Å². The van der Waals surface area contributed by atoms with Crippen molar-refractivity contribution in [3.63, 3.8) is 0 Å². The molecule has 1 aliphatic heterocycles. The van der Waals surface area contributed by atoms with Crippen molar-refractivity contribution in [2.75, 3.05) is 29.9 Å². The van der Waals surface area contributed by atoms with Gasteiger partial charge in [0.15, 0.2) is 9.84 Å². The van der Waals surface area contributed by atoms with Crippen molar-refractivity contribution < 1.29 is 13.2 Å². The number of rotatable bonds is 4. The Morgan fingerprint density at radius 1 is 1.22 bits per heavy atom. The van der Waals surface area contributed by atoms with Gasteiger partial charge in [0, 0.05) is 25.3 Å². The Morgan fingerprint density at radius 3 is 2.56 bits per heavy atom. The zero-order valence-electron chi connectivity index (χ0n) is 16.0. The molecule has 8 heteroatoms. The minimum Gasteiger partial charge on any atom is -0.351 e. The van der Waals surface area contributed by atoms with E-state index in [2.05, 4.69) is 15.3 Å². The molecule has 4 rings (SSSR count). The number of fused-ring (bicyclic) bond motifs is 2. The number of nitrogens with zero attached hydrogens (tertiary/aromatic N) is 3. The van der Waals surface area contributed by atoms with Crippen LogP contribution in [-0.4, -0.2) is 59.8 Å². The highest BCUT2D eigenvalue weighted by atomic mass is 32.2. The van der Waals surface area contributed by atoms with Crippen LogP contribution in [0.5, 0.6) is 0 Å². The van der Waals surface area contributed by atoms with Crippen molar-refractivity contribution >= 4 is 21.7 Å². The van der Waals surface area contributed by atoms with E-state index in [1.807, 2.05) is 13.8 Å². The van der Waals surface area contributed by atoms with Gasteiger partial charge < -0.3 is 10.2 Å². The van der Waals surface area contributed by atoms with Crippen molar-refractivity contribution in [3.05, 3.63) is 17.5 Å². The van der Waals surface area contributed by atoms with Gasteiger partial charge in [-0.25, -0.2) is 18.4 Å². The third-order valence-corrected chi connectivity index (χ3v) is 7.89. The SMILES string of the molecule is CC(C)c1nc(N[C@H]2C[C@H]3CC[C@@H]2C3)ncc1C(=O)N1CCS(=O)(=O)CC1. The maximum atomic E-state index is 12.9. The first-order chi connectivity index (χ1) is 12.8. The summed E-state index contributed by atoms with van der Waals surface area (Å²) in [6.07, 6.45) is 6.74. The topological polar surface area (TPSA) is 92.3 Å². The molecule has 1 N–H and O–H groups in total. The van der Waals surface area contributed by atoms with Crippen LogP contribution in [0.15, 0.2) is 6.20 Å². The molecule has 0 spiro atoms. The molecule has 1 aromatic rings. The van der Waals surface area contributed by atoms with Gasteiger partial charge in [-0.15, -0.1) is 0 Å². The summed E-state index contributed by atoms with van der Waals surface area (Å²) in [4.78, 5) is 23.6. The van der Waals surface area contributed by atoms with Crippen LogP contribution < -0.4 is 5.32 Å². The molecule has 3 fully saturated rings. The molecule has 0 aromatic carbocycles. The molecule has 1 aromatic heterocycles. The number of carbonyl (C=O) groups excluding carboxylic acids is 1. The number of carbonyl (C=O) groups is 1. The zero-order chi connectivity index (χ0) is 19.2. The predicted molar refractivity (Wildman–Crippen MR) is 104 cm³/mol. The maximum Gasteiger partial charge on any atom is 0.257 e. The number of nitrogens with one attached hydrogen (secondary N) is 1. The highest BCUT2D eigenvalue weighted by Crippen LogP contribution is 2.45. The molecule has 1 saturated heterocycles. The number of hydrogen-bond donors (Lipinski definition) is 1. The first kappa shape index (κ1) is 18.7. The fraction of sp³-hybridized carbons (Fsp3) is 0.737. The van der Waals surface area contributed by atoms with Crippen LogP contribution in [0.2, 0.25) is 0 Å². The fourth-order valence-electron chi connectivity index (χ4n) is 4.74. The normalized spacial score (nSPS) is 29.3. The van der Waals surface area contributed by atoms with Gasteiger partial charge in [0.25, 0.3) is 5.91 Å². The molecule has 3 atom stereocenters. The van der Waals surface area contributed by atoms with E-state index in [1.165, 1.54) is 25.7 Å². The first-order valence-corrected chi connectivity index (χ1v) is 11.8. The standard InChI is InChI=1S/C19H28N4O3S/c1-12(2)17-15(18(24)23-5-7-27(25,26)8-6-23)11-20-19(22-17)21-16-10-13-3-4-14(16)9-13/h11-14,16H,3-10H2,1-2H3,(H,20,21,22)/t13-,14+,16-/m0/s1. The fourth-order valence-corrected chi connectivity index (χ4v) is 5.94. The van der Waals surface area contributed by atoms with Crippen LogP contribution in [-0.2, 0) is 9.84 Å². The highest BCUT2D eigenvalue weighted by Gasteiger charge is 2.40. The number of anilines is 1. The largest absolute Gasteiger partial charge is 0.351 e. The lowest BCUT2D eigenvalue weighted by Crippen LogP contribution is -2.44. The molecule has 27 heavy (non-hydrogen) atoms. The highest BCUT2D eigenvalue weighted by molar-refractivity contribution is 7.91. The summed E-state index contributed by atoms with van der Waals surface area (Å²) >= 11 is 0. The second-order valence-corrected chi connectivity index (χ2v) is 10.8. The van der Waals surface area contributed by atoms with Gasteiger partial charge in [-0.3, -0.25) is 4.79 Å². The van der Waals surface area contributed by atoms with Crippen LogP contribution in [0.25, 0.3) is 0 Å². The molecule has 0 unspecified atom stereocenters. The van der Waals surface area contributed by atoms with Crippen LogP contribution in [0.3, 0.4) is 0 Å². The molecule has 2 heterocycles. The molecule has 0 radical (unpaired) electrons. The van der Waals surface area contributed by atoms with Gasteiger partial charge in [-0.05, 0) is 37.0 Å². The molecule has 7 nitrogen and oxygen atoms in total.